The Morgan fingerprint density at radius 3 is 1.71 bits per heavy atom. The fourth-order valence-electron chi connectivity index (χ4n) is 3.86. The van der Waals surface area contributed by atoms with Crippen LogP contribution in [0.4, 0.5) is 10.5 Å². The fraction of sp³-hybridized carbons (Fsp3) is 0.731. The zero-order chi connectivity index (χ0) is 22.7. The van der Waals surface area contributed by atoms with Crippen LogP contribution < -0.4 is 10.6 Å². The molecule has 1 aromatic carbocycles. The van der Waals surface area contributed by atoms with Crippen molar-refractivity contribution in [3.05, 3.63) is 22.7 Å². The van der Waals surface area contributed by atoms with E-state index in [2.05, 4.69) is 17.6 Å². The summed E-state index contributed by atoms with van der Waals surface area (Å²) >= 11 is 5.94. The second-order valence-electron chi connectivity index (χ2n) is 8.81. The van der Waals surface area contributed by atoms with Crippen LogP contribution in [0.5, 0.6) is 5.75 Å². The highest BCUT2D eigenvalue weighted by molar-refractivity contribution is 6.32. The molecule has 5 heteroatoms. The summed E-state index contributed by atoms with van der Waals surface area (Å²) in [4.78, 5) is 12.0. The molecule has 0 saturated heterocycles. The van der Waals surface area contributed by atoms with E-state index in [1.807, 2.05) is 0 Å². The van der Waals surface area contributed by atoms with Crippen molar-refractivity contribution in [3.63, 3.8) is 0 Å². The maximum Gasteiger partial charge on any atom is 0.319 e. The number of urea groups is 1. The average Bonchev–Trinajstić information content (AvgIpc) is 2.74. The van der Waals surface area contributed by atoms with Gasteiger partial charge in [0.15, 0.2) is 0 Å². The maximum absolute atomic E-state index is 12.0. The van der Waals surface area contributed by atoms with Gasteiger partial charge in [-0.05, 0) is 31.0 Å². The molecule has 1 aromatic rings. The number of amides is 2. The van der Waals surface area contributed by atoms with Gasteiger partial charge >= 0.3 is 6.03 Å². The number of phenolic OH excluding ortho intramolecular Hbond substituents is 1. The summed E-state index contributed by atoms with van der Waals surface area (Å²) in [5.41, 5.74) is 1.23. The van der Waals surface area contributed by atoms with E-state index >= 15 is 0 Å². The molecule has 2 amide bonds. The van der Waals surface area contributed by atoms with Crippen molar-refractivity contribution < 1.29 is 9.90 Å². The number of unbranched alkanes of at least 4 members (excludes halogenated alkanes) is 15. The Kier molecular flexibility index (Phi) is 16.2. The van der Waals surface area contributed by atoms with Crippen LogP contribution in [0.2, 0.25) is 5.02 Å². The predicted molar refractivity (Wildman–Crippen MR) is 134 cm³/mol. The normalized spacial score (nSPS) is 10.9. The minimum absolute atomic E-state index is 0.0563. The number of rotatable bonds is 18. The number of hydrogen-bond donors (Lipinski definition) is 3. The minimum atomic E-state index is -0.234. The highest BCUT2D eigenvalue weighted by atomic mass is 35.5. The quantitative estimate of drug-likeness (QED) is 0.154. The van der Waals surface area contributed by atoms with Crippen molar-refractivity contribution in [2.24, 2.45) is 0 Å². The van der Waals surface area contributed by atoms with Crippen LogP contribution in [-0.4, -0.2) is 17.7 Å². The lowest BCUT2D eigenvalue weighted by Crippen LogP contribution is -2.29. The van der Waals surface area contributed by atoms with Gasteiger partial charge < -0.3 is 15.7 Å². The van der Waals surface area contributed by atoms with Gasteiger partial charge in [-0.2, -0.15) is 0 Å². The number of phenols is 1. The second-order valence-corrected chi connectivity index (χ2v) is 9.21. The van der Waals surface area contributed by atoms with Gasteiger partial charge in [0.1, 0.15) is 5.75 Å². The predicted octanol–water partition coefficient (Wildman–Crippen LogP) is 8.74. The molecule has 0 atom stereocenters. The number of carbonyl (C=O) groups excluding carboxylic acids is 1. The monoisotopic (exact) mass is 452 g/mol. The van der Waals surface area contributed by atoms with E-state index in [0.29, 0.717) is 17.8 Å². The van der Waals surface area contributed by atoms with Crippen LogP contribution in [0, 0.1) is 6.92 Å². The van der Waals surface area contributed by atoms with Crippen LogP contribution in [0.1, 0.15) is 115 Å². The Morgan fingerprint density at radius 2 is 1.26 bits per heavy atom. The van der Waals surface area contributed by atoms with E-state index in [1.54, 1.807) is 19.1 Å². The number of anilines is 1. The first-order chi connectivity index (χ1) is 15.0. The number of benzene rings is 1. The highest BCUT2D eigenvalue weighted by Gasteiger charge is 2.07. The Hall–Kier alpha value is -1.42. The van der Waals surface area contributed by atoms with Gasteiger partial charge in [-0.15, -0.1) is 0 Å². The first-order valence-electron chi connectivity index (χ1n) is 12.6. The molecule has 178 valence electrons. The molecule has 0 heterocycles. The van der Waals surface area contributed by atoms with Crippen molar-refractivity contribution in [1.29, 1.82) is 0 Å². The molecule has 0 aromatic heterocycles. The summed E-state index contributed by atoms with van der Waals surface area (Å²) in [5.74, 6) is 0.0563. The van der Waals surface area contributed by atoms with Crippen molar-refractivity contribution in [1.82, 2.24) is 5.32 Å². The largest absolute Gasteiger partial charge is 0.506 e. The van der Waals surface area contributed by atoms with E-state index in [4.69, 9.17) is 11.6 Å². The Labute approximate surface area is 195 Å². The van der Waals surface area contributed by atoms with E-state index in [0.717, 1.165) is 12.8 Å². The number of aryl methyl sites for hydroxylation is 1. The number of halogens is 1. The molecule has 31 heavy (non-hydrogen) atoms. The van der Waals surface area contributed by atoms with E-state index in [9.17, 15) is 9.90 Å². The Morgan fingerprint density at radius 1 is 0.806 bits per heavy atom. The van der Waals surface area contributed by atoms with Gasteiger partial charge in [0.25, 0.3) is 0 Å². The minimum Gasteiger partial charge on any atom is -0.506 e. The summed E-state index contributed by atoms with van der Waals surface area (Å²) in [6, 6.07) is 3.02. The van der Waals surface area contributed by atoms with Crippen LogP contribution in [0.3, 0.4) is 0 Å². The van der Waals surface area contributed by atoms with Crippen molar-refractivity contribution in [2.45, 2.75) is 117 Å². The summed E-state index contributed by atoms with van der Waals surface area (Å²) in [7, 11) is 0. The lowest BCUT2D eigenvalue weighted by atomic mass is 10.0. The number of nitrogens with one attached hydrogen (secondary N) is 2. The molecule has 1 rings (SSSR count). The summed E-state index contributed by atoms with van der Waals surface area (Å²) in [6.07, 6.45) is 21.5. The summed E-state index contributed by atoms with van der Waals surface area (Å²) in [5, 5.41) is 15.6. The van der Waals surface area contributed by atoms with Gasteiger partial charge in [0.2, 0.25) is 0 Å². The standard InChI is InChI=1S/C26H45ClN2O2/c1-3-4-5-6-7-8-9-10-11-12-13-14-15-16-17-18-19-28-26(31)29-23-20-22(2)25(30)24(27)21-23/h20-21,30H,3-19H2,1-2H3,(H2,28,29,31). The second kappa shape index (κ2) is 18.2. The lowest BCUT2D eigenvalue weighted by Gasteiger charge is -2.10. The third-order valence-electron chi connectivity index (χ3n) is 5.83. The first-order valence-corrected chi connectivity index (χ1v) is 13.0. The third kappa shape index (κ3) is 14.3. The average molecular weight is 453 g/mol. The van der Waals surface area contributed by atoms with Gasteiger partial charge in [-0.1, -0.05) is 115 Å². The molecule has 0 aliphatic rings. The van der Waals surface area contributed by atoms with Crippen LogP contribution in [0.15, 0.2) is 12.1 Å². The topological polar surface area (TPSA) is 61.4 Å². The molecule has 0 saturated carbocycles. The smallest absolute Gasteiger partial charge is 0.319 e. The molecule has 0 spiro atoms. The van der Waals surface area contributed by atoms with Crippen molar-refractivity contribution in [2.75, 3.05) is 11.9 Å². The molecule has 0 fully saturated rings. The lowest BCUT2D eigenvalue weighted by molar-refractivity contribution is 0.252. The third-order valence-corrected chi connectivity index (χ3v) is 6.12. The van der Waals surface area contributed by atoms with Crippen LogP contribution in [0.25, 0.3) is 0 Å². The maximum atomic E-state index is 12.0. The molecule has 3 N–H and O–H groups in total. The number of carbonyl (C=O) groups is 1. The molecule has 0 bridgehead atoms. The van der Waals surface area contributed by atoms with Crippen LogP contribution >= 0.6 is 11.6 Å². The van der Waals surface area contributed by atoms with E-state index in [-0.39, 0.29) is 16.8 Å². The highest BCUT2D eigenvalue weighted by Crippen LogP contribution is 2.30. The summed E-state index contributed by atoms with van der Waals surface area (Å²) < 4.78 is 0. The summed E-state index contributed by atoms with van der Waals surface area (Å²) in [6.45, 7) is 4.70. The zero-order valence-electron chi connectivity index (χ0n) is 19.9. The molecular formula is C26H45ClN2O2. The zero-order valence-corrected chi connectivity index (χ0v) is 20.7. The van der Waals surface area contributed by atoms with Gasteiger partial charge in [-0.25, -0.2) is 4.79 Å². The van der Waals surface area contributed by atoms with E-state index in [1.165, 1.54) is 89.9 Å². The van der Waals surface area contributed by atoms with Crippen molar-refractivity contribution >= 4 is 23.3 Å². The fourth-order valence-corrected chi connectivity index (χ4v) is 4.13. The molecule has 0 unspecified atom stereocenters. The van der Waals surface area contributed by atoms with Gasteiger partial charge in [0, 0.05) is 12.2 Å². The molecule has 0 aliphatic heterocycles. The van der Waals surface area contributed by atoms with Crippen LogP contribution in [-0.2, 0) is 0 Å². The first kappa shape index (κ1) is 27.6. The molecule has 0 radical (unpaired) electrons. The van der Waals surface area contributed by atoms with Gasteiger partial charge in [-0.3, -0.25) is 0 Å². The van der Waals surface area contributed by atoms with E-state index < -0.39 is 0 Å². The molecular weight excluding hydrogens is 408 g/mol. The SMILES string of the molecule is CCCCCCCCCCCCCCCCCCNC(=O)Nc1cc(C)c(O)c(Cl)c1. The molecule has 4 nitrogen and oxygen atoms in total. The Balaban J connectivity index is 1.87. The molecule has 0 aliphatic carbocycles. The number of aromatic hydroxyl groups is 1. The number of hydrogen-bond acceptors (Lipinski definition) is 2. The van der Waals surface area contributed by atoms with Gasteiger partial charge in [0.05, 0.1) is 5.02 Å². The van der Waals surface area contributed by atoms with Crippen molar-refractivity contribution in [3.8, 4) is 5.75 Å². The Bertz CT molecular complexity index is 584.